The maximum Gasteiger partial charge on any atom is 0.416 e. The molecule has 0 saturated heterocycles. The van der Waals surface area contributed by atoms with Crippen molar-refractivity contribution in [1.82, 2.24) is 25.1 Å². The van der Waals surface area contributed by atoms with Gasteiger partial charge < -0.3 is 15.2 Å². The second-order valence-electron chi connectivity index (χ2n) is 11.6. The molecule has 0 atom stereocenters. The van der Waals surface area contributed by atoms with E-state index in [2.05, 4.69) is 31.9 Å². The Labute approximate surface area is 253 Å². The number of hydrogen-bond acceptors (Lipinski definition) is 7. The maximum atomic E-state index is 14.3. The lowest BCUT2D eigenvalue weighted by Crippen LogP contribution is -2.25. The van der Waals surface area contributed by atoms with Crippen molar-refractivity contribution in [2.24, 2.45) is 13.0 Å². The van der Waals surface area contributed by atoms with Crippen molar-refractivity contribution in [1.29, 1.82) is 5.26 Å². The van der Waals surface area contributed by atoms with E-state index >= 15 is 0 Å². The summed E-state index contributed by atoms with van der Waals surface area (Å²) in [6, 6.07) is 13.5. The number of fused-ring (bicyclic) bond motifs is 1. The number of aromatic nitrogens is 4. The molecule has 1 aliphatic rings. The third-order valence-electron chi connectivity index (χ3n) is 7.31. The number of amides is 1. The number of halogens is 3. The maximum absolute atomic E-state index is 14.3. The molecule has 5 rings (SSSR count). The average Bonchev–Trinajstić information content (AvgIpc) is 3.56. The molecule has 3 heterocycles. The highest BCUT2D eigenvalue weighted by molar-refractivity contribution is 6.10. The molecule has 0 bridgehead atoms. The van der Waals surface area contributed by atoms with Gasteiger partial charge in [-0.15, -0.1) is 10.2 Å². The average molecular weight is 603 g/mol. The molecule has 2 aromatic carbocycles. The van der Waals surface area contributed by atoms with E-state index in [9.17, 15) is 23.2 Å². The third kappa shape index (κ3) is 6.28. The van der Waals surface area contributed by atoms with E-state index in [1.165, 1.54) is 11.0 Å². The molecule has 44 heavy (non-hydrogen) atoms. The number of rotatable bonds is 9. The van der Waals surface area contributed by atoms with Gasteiger partial charge in [-0.2, -0.15) is 18.4 Å². The zero-order valence-electron chi connectivity index (χ0n) is 25.1. The first-order valence-electron chi connectivity index (χ1n) is 14.3. The van der Waals surface area contributed by atoms with Crippen LogP contribution in [0.2, 0.25) is 0 Å². The van der Waals surface area contributed by atoms with Gasteiger partial charge in [0.15, 0.2) is 5.82 Å². The zero-order chi connectivity index (χ0) is 31.8. The van der Waals surface area contributed by atoms with E-state index in [4.69, 9.17) is 0 Å². The predicted octanol–water partition coefficient (Wildman–Crippen LogP) is 6.16. The van der Waals surface area contributed by atoms with Gasteiger partial charge in [0.1, 0.15) is 18.0 Å². The lowest BCUT2D eigenvalue weighted by molar-refractivity contribution is -0.138. The molecule has 228 valence electrons. The molecule has 1 amide bonds. The van der Waals surface area contributed by atoms with Crippen LogP contribution in [0.3, 0.4) is 0 Å². The monoisotopic (exact) mass is 602 g/mol. The summed E-state index contributed by atoms with van der Waals surface area (Å²) in [6.45, 7) is 8.35. The highest BCUT2D eigenvalue weighted by atomic mass is 19.4. The highest BCUT2D eigenvalue weighted by Gasteiger charge is 2.41. The van der Waals surface area contributed by atoms with E-state index in [0.717, 1.165) is 6.07 Å². The Balaban J connectivity index is 1.65. The fourth-order valence-corrected chi connectivity index (χ4v) is 5.11. The number of aryl methyl sites for hydroxylation is 1. The van der Waals surface area contributed by atoms with Crippen LogP contribution in [0.25, 0.3) is 22.5 Å². The molecule has 0 fully saturated rings. The summed E-state index contributed by atoms with van der Waals surface area (Å²) < 4.78 is 44.6. The second kappa shape index (κ2) is 12.1. The summed E-state index contributed by atoms with van der Waals surface area (Å²) >= 11 is 0. The van der Waals surface area contributed by atoms with Crippen molar-refractivity contribution in [3.05, 3.63) is 76.6 Å². The molecule has 0 radical (unpaired) electrons. The Hall–Kier alpha value is -4.76. The summed E-state index contributed by atoms with van der Waals surface area (Å²) in [5.41, 5.74) is 1.82. The molecule has 4 aromatic rings. The van der Waals surface area contributed by atoms with Crippen LogP contribution in [0.4, 0.5) is 24.8 Å². The van der Waals surface area contributed by atoms with Crippen LogP contribution in [0.1, 0.15) is 60.3 Å². The van der Waals surface area contributed by atoms with Crippen molar-refractivity contribution in [2.75, 3.05) is 16.8 Å². The molecule has 12 heteroatoms. The Kier molecular flexibility index (Phi) is 8.43. The lowest BCUT2D eigenvalue weighted by Gasteiger charge is -2.20. The number of anilines is 2. The molecule has 0 unspecified atom stereocenters. The Morgan fingerprint density at radius 1 is 1.05 bits per heavy atom. The van der Waals surface area contributed by atoms with Gasteiger partial charge in [0.25, 0.3) is 5.91 Å². The standard InChI is InChI=1S/C32H33F3N8O/c1-18(2)14-38-28-11-22(24-8-20(13-36)6-7-23(24)30-41-39-17-42(30)5)12-29(40-28)43-16-26-25(31(43)44)9-21(15-37-19(3)4)10-27(26)32(33,34)35/h6-12,17-19,37H,14-16H2,1-5H3,(H,38,40). The molecule has 1 aliphatic heterocycles. The highest BCUT2D eigenvalue weighted by Crippen LogP contribution is 2.41. The first kappa shape index (κ1) is 30.7. The second-order valence-corrected chi connectivity index (χ2v) is 11.6. The van der Waals surface area contributed by atoms with Crippen molar-refractivity contribution in [2.45, 2.75) is 53.0 Å². The lowest BCUT2D eigenvalue weighted by atomic mass is 9.97. The molecule has 0 spiro atoms. The molecular weight excluding hydrogens is 569 g/mol. The summed E-state index contributed by atoms with van der Waals surface area (Å²) in [5.74, 6) is 0.900. The number of nitriles is 1. The third-order valence-corrected chi connectivity index (χ3v) is 7.31. The van der Waals surface area contributed by atoms with Crippen LogP contribution in [0.15, 0.2) is 48.8 Å². The van der Waals surface area contributed by atoms with E-state index < -0.39 is 17.6 Å². The van der Waals surface area contributed by atoms with Crippen molar-refractivity contribution >= 4 is 17.5 Å². The minimum atomic E-state index is -4.64. The Bertz CT molecular complexity index is 1750. The number of carbonyl (C=O) groups excluding carboxylic acids is 1. The van der Waals surface area contributed by atoms with Crippen LogP contribution in [0.5, 0.6) is 0 Å². The zero-order valence-corrected chi connectivity index (χ0v) is 25.1. The molecule has 2 aromatic heterocycles. The topological polar surface area (TPSA) is 112 Å². The van der Waals surface area contributed by atoms with Crippen molar-refractivity contribution in [3.8, 4) is 28.6 Å². The number of nitrogens with one attached hydrogen (secondary N) is 2. The van der Waals surface area contributed by atoms with E-state index in [1.807, 2.05) is 27.7 Å². The summed E-state index contributed by atoms with van der Waals surface area (Å²) in [6.07, 6.45) is -3.08. The smallest absolute Gasteiger partial charge is 0.370 e. The van der Waals surface area contributed by atoms with Crippen LogP contribution < -0.4 is 15.5 Å². The SMILES string of the molecule is CC(C)CNc1cc(-c2cc(C#N)ccc2-c2nncn2C)cc(N2Cc3c(cc(CNC(C)C)cc3C(F)(F)F)C2=O)n1. The Morgan fingerprint density at radius 2 is 1.82 bits per heavy atom. The first-order chi connectivity index (χ1) is 20.8. The summed E-state index contributed by atoms with van der Waals surface area (Å²) in [4.78, 5) is 19.8. The van der Waals surface area contributed by atoms with E-state index in [1.54, 1.807) is 48.3 Å². The van der Waals surface area contributed by atoms with Gasteiger partial charge in [-0.1, -0.05) is 27.7 Å². The van der Waals surface area contributed by atoms with Gasteiger partial charge in [-0.3, -0.25) is 9.69 Å². The number of pyridine rings is 1. The molecule has 2 N–H and O–H groups in total. The Morgan fingerprint density at radius 3 is 2.45 bits per heavy atom. The number of nitrogens with zero attached hydrogens (tertiary/aromatic N) is 6. The molecular formula is C32H33F3N8O. The van der Waals surface area contributed by atoms with E-state index in [-0.39, 0.29) is 42.0 Å². The van der Waals surface area contributed by atoms with Crippen molar-refractivity contribution in [3.63, 3.8) is 0 Å². The van der Waals surface area contributed by atoms with Gasteiger partial charge >= 0.3 is 6.18 Å². The van der Waals surface area contributed by atoms with Gasteiger partial charge in [0, 0.05) is 37.3 Å². The van der Waals surface area contributed by atoms with Crippen LogP contribution in [-0.4, -0.2) is 38.2 Å². The molecule has 0 aliphatic carbocycles. The fraction of sp³-hybridized carbons (Fsp3) is 0.344. The summed E-state index contributed by atoms with van der Waals surface area (Å²) in [5, 5.41) is 24.3. The van der Waals surface area contributed by atoms with E-state index in [0.29, 0.717) is 46.0 Å². The van der Waals surface area contributed by atoms with Gasteiger partial charge in [-0.05, 0) is 70.6 Å². The van der Waals surface area contributed by atoms with Crippen LogP contribution in [0, 0.1) is 17.2 Å². The van der Waals surface area contributed by atoms with Crippen molar-refractivity contribution < 1.29 is 18.0 Å². The number of hydrogen-bond donors (Lipinski definition) is 2. The fourth-order valence-electron chi connectivity index (χ4n) is 5.11. The quantitative estimate of drug-likeness (QED) is 0.236. The normalized spacial score (nSPS) is 13.1. The number of alkyl halides is 3. The van der Waals surface area contributed by atoms with Gasteiger partial charge in [0.2, 0.25) is 0 Å². The van der Waals surface area contributed by atoms with Crippen LogP contribution >= 0.6 is 0 Å². The largest absolute Gasteiger partial charge is 0.416 e. The first-order valence-corrected chi connectivity index (χ1v) is 14.3. The molecule has 0 saturated carbocycles. The predicted molar refractivity (Wildman–Crippen MR) is 162 cm³/mol. The van der Waals surface area contributed by atoms with Crippen LogP contribution in [-0.2, 0) is 26.3 Å². The summed E-state index contributed by atoms with van der Waals surface area (Å²) in [7, 11) is 1.80. The number of carbonyl (C=O) groups is 1. The minimum Gasteiger partial charge on any atom is -0.370 e. The number of benzene rings is 2. The molecule has 9 nitrogen and oxygen atoms in total. The minimum absolute atomic E-state index is 0.00975. The van der Waals surface area contributed by atoms with Gasteiger partial charge in [0.05, 0.1) is 23.7 Å². The van der Waals surface area contributed by atoms with Gasteiger partial charge in [-0.25, -0.2) is 4.98 Å².